The summed E-state index contributed by atoms with van der Waals surface area (Å²) in [5.41, 5.74) is 0.0201. The Hall–Kier alpha value is -5.24. The van der Waals surface area contributed by atoms with Gasteiger partial charge in [-0.25, -0.2) is 0 Å². The van der Waals surface area contributed by atoms with E-state index in [0.717, 1.165) is 5.56 Å². The molecule has 53 heavy (non-hydrogen) atoms. The van der Waals surface area contributed by atoms with Crippen LogP contribution in [0.2, 0.25) is 0 Å². The van der Waals surface area contributed by atoms with Gasteiger partial charge in [0.25, 0.3) is 11.8 Å². The number of carbonyl (C=O) groups is 4. The molecule has 0 aromatic heterocycles. The van der Waals surface area contributed by atoms with Gasteiger partial charge in [0.15, 0.2) is 29.8 Å². The van der Waals surface area contributed by atoms with E-state index in [4.69, 9.17) is 14.2 Å². The number of aromatic hydroxyl groups is 1. The first-order chi connectivity index (χ1) is 25.4. The van der Waals surface area contributed by atoms with E-state index in [1.807, 2.05) is 27.0 Å². The minimum absolute atomic E-state index is 0.0805. The lowest BCUT2D eigenvalue weighted by Crippen LogP contribution is -2.71. The summed E-state index contributed by atoms with van der Waals surface area (Å²) < 4.78 is 18.8. The number of likely N-dealkylation sites (N-methyl/N-ethyl adjacent to an activating group) is 1. The Balaban J connectivity index is 1.21. The lowest BCUT2D eigenvalue weighted by atomic mass is 9.54. The highest BCUT2D eigenvalue weighted by atomic mass is 16.6. The first-order valence-corrected chi connectivity index (χ1v) is 17.8. The number of benzene rings is 3. The number of phenolic OH excluding ortho intramolecular Hbond substituents is 1. The largest absolute Gasteiger partial charge is 0.504 e. The Morgan fingerprint density at radius 2 is 1.45 bits per heavy atom. The Labute approximate surface area is 307 Å². The quantitative estimate of drug-likeness (QED) is 0.154. The van der Waals surface area contributed by atoms with E-state index >= 15 is 0 Å². The Morgan fingerprint density at radius 1 is 0.887 bits per heavy atom. The van der Waals surface area contributed by atoms with Crippen LogP contribution in [-0.2, 0) is 40.5 Å². The summed E-state index contributed by atoms with van der Waals surface area (Å²) >= 11 is 0. The van der Waals surface area contributed by atoms with Crippen LogP contribution < -0.4 is 15.4 Å². The van der Waals surface area contributed by atoms with Crippen LogP contribution in [0.25, 0.3) is 0 Å². The molecule has 1 aliphatic heterocycles. The van der Waals surface area contributed by atoms with Gasteiger partial charge in [0.05, 0.1) is 24.3 Å². The van der Waals surface area contributed by atoms with Crippen LogP contribution in [0.3, 0.4) is 0 Å². The molecule has 3 aliphatic rings. The lowest BCUT2D eigenvalue weighted by Gasteiger charge is -2.58. The van der Waals surface area contributed by atoms with Gasteiger partial charge >= 0.3 is 11.9 Å². The predicted molar refractivity (Wildman–Crippen MR) is 191 cm³/mol. The molecule has 1 heterocycles. The minimum Gasteiger partial charge on any atom is -0.504 e. The highest BCUT2D eigenvalue weighted by molar-refractivity contribution is 5.83. The maximum absolute atomic E-state index is 13.8. The monoisotopic (exact) mass is 727 g/mol. The fourth-order valence-electron chi connectivity index (χ4n) is 7.86. The number of hydrogen-bond donors (Lipinski definition) is 5. The molecule has 6 rings (SSSR count). The molecule has 2 aliphatic carbocycles. The lowest BCUT2D eigenvalue weighted by molar-refractivity contribution is -0.191. The van der Waals surface area contributed by atoms with Crippen LogP contribution in [0.1, 0.15) is 67.6 Å². The molecule has 280 valence electrons. The van der Waals surface area contributed by atoms with E-state index in [0.29, 0.717) is 29.7 Å². The van der Waals surface area contributed by atoms with Crippen LogP contribution in [0.5, 0.6) is 11.5 Å². The van der Waals surface area contributed by atoms with Crippen LogP contribution in [0.15, 0.2) is 84.6 Å². The summed E-state index contributed by atoms with van der Waals surface area (Å²) in [5, 5.41) is 37.0. The van der Waals surface area contributed by atoms with Gasteiger partial charge in [0, 0.05) is 25.1 Å². The van der Waals surface area contributed by atoms with Gasteiger partial charge < -0.3 is 40.2 Å². The molecule has 13 nitrogen and oxygen atoms in total. The third-order valence-electron chi connectivity index (χ3n) is 10.7. The molecule has 0 radical (unpaired) electrons. The van der Waals surface area contributed by atoms with E-state index in [-0.39, 0.29) is 55.7 Å². The van der Waals surface area contributed by atoms with Gasteiger partial charge in [-0.1, -0.05) is 73.7 Å². The zero-order valence-corrected chi connectivity index (χ0v) is 29.9. The summed E-state index contributed by atoms with van der Waals surface area (Å²) in [7, 11) is 1.94. The number of aliphatic hydroxyl groups excluding tert-OH is 2. The van der Waals surface area contributed by atoms with E-state index in [9.17, 15) is 34.5 Å². The van der Waals surface area contributed by atoms with Gasteiger partial charge in [0.2, 0.25) is 0 Å². The predicted octanol–water partition coefficient (Wildman–Crippen LogP) is 2.88. The molecule has 13 heteroatoms. The van der Waals surface area contributed by atoms with Crippen molar-refractivity contribution in [3.05, 3.63) is 107 Å². The van der Waals surface area contributed by atoms with Crippen molar-refractivity contribution in [3.63, 3.8) is 0 Å². The Kier molecular flexibility index (Phi) is 10.9. The fraction of sp³-hybridized carbons (Fsp3) is 0.400. The number of nitrogens with one attached hydrogen (secondary N) is 2. The molecule has 3 aromatic rings. The van der Waals surface area contributed by atoms with Gasteiger partial charge in [-0.15, -0.1) is 0 Å². The van der Waals surface area contributed by atoms with Crippen LogP contribution in [-0.4, -0.2) is 88.4 Å². The highest BCUT2D eigenvalue weighted by Gasteiger charge is 2.71. The van der Waals surface area contributed by atoms with Gasteiger partial charge in [0.1, 0.15) is 11.4 Å². The molecule has 3 aromatic carbocycles. The molecule has 0 saturated heterocycles. The van der Waals surface area contributed by atoms with Crippen molar-refractivity contribution < 1.29 is 48.7 Å². The SMILES string of the molecule is CCN(C)[C@@H]1Cc2ccc(O)c3c2[C@@]2(C)[C@@H](O3)C(OC(=O)CCNC(=O)[C@@H](O)c3ccccc3)=CC[C@@]12OC(=O)CCNC(=O)[C@@H](O)c1ccccc1. The number of ether oxygens (including phenoxy) is 3. The van der Waals surface area contributed by atoms with E-state index in [2.05, 4.69) is 15.5 Å². The van der Waals surface area contributed by atoms with Crippen molar-refractivity contribution in [1.82, 2.24) is 15.5 Å². The molecule has 0 fully saturated rings. The maximum Gasteiger partial charge on any atom is 0.312 e. The molecular weight excluding hydrogens is 682 g/mol. The molecule has 6 atom stereocenters. The summed E-state index contributed by atoms with van der Waals surface area (Å²) in [6, 6.07) is 19.9. The maximum atomic E-state index is 13.8. The van der Waals surface area contributed by atoms with Crippen LogP contribution in [0.4, 0.5) is 0 Å². The number of hydrogen-bond acceptors (Lipinski definition) is 11. The van der Waals surface area contributed by atoms with Gasteiger partial charge in [-0.05, 0) is 55.8 Å². The second-order valence-electron chi connectivity index (χ2n) is 13.8. The van der Waals surface area contributed by atoms with E-state index in [1.165, 1.54) is 0 Å². The molecule has 0 spiro atoms. The number of rotatable bonds is 14. The van der Waals surface area contributed by atoms with Crippen LogP contribution in [0, 0.1) is 0 Å². The number of aliphatic hydroxyl groups is 2. The van der Waals surface area contributed by atoms with Crippen molar-refractivity contribution in [2.24, 2.45) is 0 Å². The molecule has 0 saturated carbocycles. The first-order valence-electron chi connectivity index (χ1n) is 17.8. The van der Waals surface area contributed by atoms with Gasteiger partial charge in [-0.2, -0.15) is 0 Å². The van der Waals surface area contributed by atoms with E-state index in [1.54, 1.807) is 72.8 Å². The van der Waals surface area contributed by atoms with Crippen molar-refractivity contribution in [2.75, 3.05) is 26.7 Å². The third-order valence-corrected chi connectivity index (χ3v) is 10.7. The smallest absolute Gasteiger partial charge is 0.312 e. The Bertz CT molecular complexity index is 1890. The van der Waals surface area contributed by atoms with Crippen molar-refractivity contribution in [2.45, 2.75) is 74.9 Å². The zero-order valence-electron chi connectivity index (χ0n) is 29.9. The summed E-state index contributed by atoms with van der Waals surface area (Å²) in [4.78, 5) is 54.2. The van der Waals surface area contributed by atoms with Gasteiger partial charge in [-0.3, -0.25) is 24.1 Å². The average molecular weight is 728 g/mol. The molecule has 0 bridgehead atoms. The zero-order chi connectivity index (χ0) is 37.9. The molecule has 5 N–H and O–H groups in total. The standard InChI is InChI=1S/C40H45N3O10/c1-4-43(3)29-23-26-15-16-27(44)35-32(26)39(2)36(52-35)28(51-30(45)18-21-41-37(49)33(47)24-11-7-5-8-12-24)17-20-40(29,39)53-31(46)19-22-42-38(50)34(48)25-13-9-6-10-14-25/h5-17,29,33-34,36,44,47-48H,4,18-23H2,1-3H3,(H,41,49)(H,42,50)/t29-,33+,34+,36+,39+,40-/m1/s1. The minimum atomic E-state index is -1.40. The highest BCUT2D eigenvalue weighted by Crippen LogP contribution is 2.63. The summed E-state index contributed by atoms with van der Waals surface area (Å²) in [6.45, 7) is 4.33. The Morgan fingerprint density at radius 3 is 2.02 bits per heavy atom. The summed E-state index contributed by atoms with van der Waals surface area (Å²) in [5.74, 6) is -2.25. The molecule has 2 amide bonds. The fourth-order valence-corrected chi connectivity index (χ4v) is 7.86. The third kappa shape index (κ3) is 6.99. The number of carbonyl (C=O) groups excluding carboxylic acids is 4. The average Bonchev–Trinajstić information content (AvgIpc) is 3.51. The molecule has 0 unspecified atom stereocenters. The van der Waals surface area contributed by atoms with Crippen molar-refractivity contribution in [1.29, 1.82) is 0 Å². The number of esters is 2. The normalized spacial score (nSPS) is 23.5. The second-order valence-corrected chi connectivity index (χ2v) is 13.8. The summed E-state index contributed by atoms with van der Waals surface area (Å²) in [6.07, 6.45) is -1.86. The molecular formula is C40H45N3O10. The number of amides is 2. The second kappa shape index (κ2) is 15.4. The van der Waals surface area contributed by atoms with Crippen molar-refractivity contribution >= 4 is 23.8 Å². The first kappa shape index (κ1) is 37.5. The van der Waals surface area contributed by atoms with Crippen LogP contribution >= 0.6 is 0 Å². The number of phenols is 1. The van der Waals surface area contributed by atoms with E-state index < -0.39 is 53.1 Å². The number of nitrogens with zero attached hydrogens (tertiary/aromatic N) is 1. The topological polar surface area (TPSA) is 184 Å². The van der Waals surface area contributed by atoms with Crippen molar-refractivity contribution in [3.8, 4) is 11.5 Å².